The molecule has 0 fully saturated rings. The minimum Gasteiger partial charge on any atom is -0.495 e. The number of carbonyl (C=O) groups excluding carboxylic acids is 1. The fraction of sp³-hybridized carbons (Fsp3) is 0.143. The van der Waals surface area contributed by atoms with E-state index in [2.05, 4.69) is 15.6 Å². The molecule has 3 aromatic rings. The summed E-state index contributed by atoms with van der Waals surface area (Å²) in [5, 5.41) is 11.0. The van der Waals surface area contributed by atoms with Crippen molar-refractivity contribution in [1.82, 2.24) is 4.98 Å². The van der Waals surface area contributed by atoms with Crippen LogP contribution in [0.25, 0.3) is 0 Å². The van der Waals surface area contributed by atoms with Gasteiger partial charge in [-0.15, -0.1) is 0 Å². The third-order valence-electron chi connectivity index (χ3n) is 4.21. The molecule has 0 unspecified atom stereocenters. The number of nitrogens with one attached hydrogen (secondary N) is 2. The Kier molecular flexibility index (Phi) is 6.73. The molecule has 3 rings (SSSR count). The van der Waals surface area contributed by atoms with Crippen LogP contribution in [0, 0.1) is 0 Å². The number of pyridine rings is 1. The monoisotopic (exact) mass is 442 g/mol. The molecule has 1 amide bonds. The van der Waals surface area contributed by atoms with Crippen LogP contribution in [-0.2, 0) is 10.0 Å². The van der Waals surface area contributed by atoms with E-state index in [1.807, 2.05) is 19.1 Å². The SMILES string of the molecule is CCOc1ccc(Nc2ncccc2C(=O)Nc2ccc(OC)c(S(N)(=O)=O)c2)cc1. The van der Waals surface area contributed by atoms with E-state index in [-0.39, 0.29) is 21.9 Å². The molecular formula is C21H22N4O5S. The Hall–Kier alpha value is -3.63. The van der Waals surface area contributed by atoms with E-state index in [0.29, 0.717) is 12.4 Å². The number of rotatable bonds is 8. The molecule has 4 N–H and O–H groups in total. The van der Waals surface area contributed by atoms with Gasteiger partial charge in [0.1, 0.15) is 22.2 Å². The van der Waals surface area contributed by atoms with Gasteiger partial charge in [0.15, 0.2) is 0 Å². The molecule has 0 bridgehead atoms. The van der Waals surface area contributed by atoms with Crippen LogP contribution in [0.2, 0.25) is 0 Å². The van der Waals surface area contributed by atoms with Crippen molar-refractivity contribution < 1.29 is 22.7 Å². The van der Waals surface area contributed by atoms with Gasteiger partial charge in [0.05, 0.1) is 19.3 Å². The van der Waals surface area contributed by atoms with Crippen LogP contribution in [0.3, 0.4) is 0 Å². The number of aromatic nitrogens is 1. The average Bonchev–Trinajstić information content (AvgIpc) is 2.75. The van der Waals surface area contributed by atoms with Gasteiger partial charge in [-0.3, -0.25) is 4.79 Å². The molecule has 2 aromatic carbocycles. The van der Waals surface area contributed by atoms with Crippen LogP contribution in [0.15, 0.2) is 65.7 Å². The van der Waals surface area contributed by atoms with Gasteiger partial charge in [-0.1, -0.05) is 0 Å². The Balaban J connectivity index is 1.83. The lowest BCUT2D eigenvalue weighted by Gasteiger charge is -2.13. The first-order valence-corrected chi connectivity index (χ1v) is 10.8. The topological polar surface area (TPSA) is 133 Å². The number of sulfonamides is 1. The number of benzene rings is 2. The number of primary sulfonamides is 1. The van der Waals surface area contributed by atoms with E-state index >= 15 is 0 Å². The maximum atomic E-state index is 12.9. The molecule has 0 saturated carbocycles. The van der Waals surface area contributed by atoms with Gasteiger partial charge in [-0.2, -0.15) is 0 Å². The predicted octanol–water partition coefficient (Wildman–Crippen LogP) is 3.13. The Morgan fingerprint density at radius 1 is 1.10 bits per heavy atom. The summed E-state index contributed by atoms with van der Waals surface area (Å²) in [5.74, 6) is 0.674. The predicted molar refractivity (Wildman–Crippen MR) is 117 cm³/mol. The van der Waals surface area contributed by atoms with Crippen LogP contribution in [-0.4, -0.2) is 33.0 Å². The third kappa shape index (κ3) is 5.50. The first-order chi connectivity index (χ1) is 14.8. The highest BCUT2D eigenvalue weighted by molar-refractivity contribution is 7.89. The number of nitrogens with two attached hydrogens (primary N) is 1. The summed E-state index contributed by atoms with van der Waals surface area (Å²) in [4.78, 5) is 16.9. The number of ether oxygens (including phenoxy) is 2. The van der Waals surface area contributed by atoms with Gasteiger partial charge in [0, 0.05) is 17.6 Å². The molecule has 0 spiro atoms. The average molecular weight is 442 g/mol. The zero-order valence-electron chi connectivity index (χ0n) is 17.0. The zero-order valence-corrected chi connectivity index (χ0v) is 17.8. The smallest absolute Gasteiger partial charge is 0.259 e. The first kappa shape index (κ1) is 22.1. The molecule has 0 radical (unpaired) electrons. The quantitative estimate of drug-likeness (QED) is 0.488. The molecule has 0 aliphatic heterocycles. The molecule has 0 aliphatic rings. The van der Waals surface area contributed by atoms with Crippen molar-refractivity contribution >= 4 is 33.1 Å². The number of amides is 1. The van der Waals surface area contributed by atoms with Crippen molar-refractivity contribution in [2.75, 3.05) is 24.4 Å². The van der Waals surface area contributed by atoms with E-state index in [1.54, 1.807) is 30.5 Å². The highest BCUT2D eigenvalue weighted by Crippen LogP contribution is 2.27. The summed E-state index contributed by atoms with van der Waals surface area (Å²) in [6.45, 7) is 2.47. The summed E-state index contributed by atoms with van der Waals surface area (Å²) in [6.07, 6.45) is 1.56. The normalized spacial score (nSPS) is 10.9. The molecule has 31 heavy (non-hydrogen) atoms. The van der Waals surface area contributed by atoms with Crippen LogP contribution < -0.4 is 25.2 Å². The van der Waals surface area contributed by atoms with Gasteiger partial charge in [-0.05, 0) is 61.5 Å². The second-order valence-corrected chi connectivity index (χ2v) is 7.88. The van der Waals surface area contributed by atoms with Crippen molar-refractivity contribution in [3.8, 4) is 11.5 Å². The van der Waals surface area contributed by atoms with E-state index in [9.17, 15) is 13.2 Å². The first-order valence-electron chi connectivity index (χ1n) is 9.29. The lowest BCUT2D eigenvalue weighted by Crippen LogP contribution is -2.17. The minimum absolute atomic E-state index is 0.0831. The molecule has 0 aliphatic carbocycles. The van der Waals surface area contributed by atoms with E-state index in [0.717, 1.165) is 11.4 Å². The molecular weight excluding hydrogens is 420 g/mol. The summed E-state index contributed by atoms with van der Waals surface area (Å²) in [5.41, 5.74) is 1.23. The molecule has 1 heterocycles. The number of carbonyl (C=O) groups is 1. The highest BCUT2D eigenvalue weighted by atomic mass is 32.2. The Labute approximate surface area is 180 Å². The number of anilines is 3. The lowest BCUT2D eigenvalue weighted by atomic mass is 10.2. The second kappa shape index (κ2) is 9.45. The Morgan fingerprint density at radius 2 is 1.81 bits per heavy atom. The summed E-state index contributed by atoms with van der Waals surface area (Å²) in [6, 6.07) is 14.6. The number of hydrogen-bond donors (Lipinski definition) is 3. The fourth-order valence-electron chi connectivity index (χ4n) is 2.80. The molecule has 0 atom stereocenters. The standard InChI is InChI=1S/C21H22N4O5S/c1-3-30-16-9-6-14(7-10-16)24-20-17(5-4-12-23-20)21(26)25-15-8-11-18(29-2)19(13-15)31(22,27)28/h4-13H,3H2,1-2H3,(H,23,24)(H,25,26)(H2,22,27,28). The van der Waals surface area contributed by atoms with Crippen LogP contribution in [0.4, 0.5) is 17.2 Å². The Morgan fingerprint density at radius 3 is 2.45 bits per heavy atom. The molecule has 9 nitrogen and oxygen atoms in total. The fourth-order valence-corrected chi connectivity index (χ4v) is 3.52. The van der Waals surface area contributed by atoms with Gasteiger partial charge < -0.3 is 20.1 Å². The third-order valence-corrected chi connectivity index (χ3v) is 5.14. The summed E-state index contributed by atoms with van der Waals surface area (Å²) in [7, 11) is -2.71. The van der Waals surface area contributed by atoms with E-state index < -0.39 is 15.9 Å². The summed E-state index contributed by atoms with van der Waals surface area (Å²) >= 11 is 0. The van der Waals surface area contributed by atoms with Gasteiger partial charge in [-0.25, -0.2) is 18.5 Å². The minimum atomic E-state index is -4.04. The van der Waals surface area contributed by atoms with Crippen molar-refractivity contribution in [3.63, 3.8) is 0 Å². The van der Waals surface area contributed by atoms with Crippen molar-refractivity contribution in [2.24, 2.45) is 5.14 Å². The van der Waals surface area contributed by atoms with Gasteiger partial charge in [0.25, 0.3) is 5.91 Å². The van der Waals surface area contributed by atoms with Gasteiger partial charge in [0.2, 0.25) is 10.0 Å². The lowest BCUT2D eigenvalue weighted by molar-refractivity contribution is 0.102. The second-order valence-electron chi connectivity index (χ2n) is 6.35. The summed E-state index contributed by atoms with van der Waals surface area (Å²) < 4.78 is 34.0. The highest BCUT2D eigenvalue weighted by Gasteiger charge is 2.18. The number of nitrogens with zero attached hydrogens (tertiary/aromatic N) is 1. The van der Waals surface area contributed by atoms with E-state index in [1.165, 1.54) is 25.3 Å². The van der Waals surface area contributed by atoms with Crippen LogP contribution >= 0.6 is 0 Å². The van der Waals surface area contributed by atoms with Crippen molar-refractivity contribution in [3.05, 3.63) is 66.4 Å². The Bertz CT molecular complexity index is 1180. The largest absolute Gasteiger partial charge is 0.495 e. The van der Waals surface area contributed by atoms with Crippen LogP contribution in [0.5, 0.6) is 11.5 Å². The maximum absolute atomic E-state index is 12.9. The molecule has 162 valence electrons. The van der Waals surface area contributed by atoms with Gasteiger partial charge >= 0.3 is 0 Å². The molecule has 0 saturated heterocycles. The van der Waals surface area contributed by atoms with Crippen molar-refractivity contribution in [1.29, 1.82) is 0 Å². The maximum Gasteiger partial charge on any atom is 0.259 e. The van der Waals surface area contributed by atoms with Crippen LogP contribution in [0.1, 0.15) is 17.3 Å². The molecule has 10 heteroatoms. The number of hydrogen-bond acceptors (Lipinski definition) is 7. The molecule has 1 aromatic heterocycles. The zero-order chi connectivity index (χ0) is 22.4. The van der Waals surface area contributed by atoms with E-state index in [4.69, 9.17) is 14.6 Å². The van der Waals surface area contributed by atoms with Crippen molar-refractivity contribution in [2.45, 2.75) is 11.8 Å². The number of methoxy groups -OCH3 is 1.